The number of aryl methyl sites for hydroxylation is 1. The molecule has 2 amide bonds. The molecule has 2 aliphatic rings. The van der Waals surface area contributed by atoms with Crippen molar-refractivity contribution >= 4 is 28.5 Å². The van der Waals surface area contributed by atoms with Gasteiger partial charge in [-0.05, 0) is 42.8 Å². The summed E-state index contributed by atoms with van der Waals surface area (Å²) in [4.78, 5) is 46.0. The standard InChI is InChI=1S/C31H22N2O5/c1-19-8-6-9-20(16-19)17-32-24-13-4-3-12-23(24)31(30(32)36)26-27(34)22-11-2-5-14-25(22)38-28(26)29(35)33(31)18-21-10-7-15-37-21/h2-16H,17-18H2,1H3. The predicted octanol–water partition coefficient (Wildman–Crippen LogP) is 5.14. The summed E-state index contributed by atoms with van der Waals surface area (Å²) < 4.78 is 11.7. The van der Waals surface area contributed by atoms with Gasteiger partial charge >= 0.3 is 0 Å². The lowest BCUT2D eigenvalue weighted by atomic mass is 9.84. The van der Waals surface area contributed by atoms with Crippen LogP contribution in [0.15, 0.2) is 105 Å². The highest BCUT2D eigenvalue weighted by Crippen LogP contribution is 2.53. The minimum Gasteiger partial charge on any atom is -0.467 e. The van der Waals surface area contributed by atoms with E-state index in [1.54, 1.807) is 41.3 Å². The van der Waals surface area contributed by atoms with Crippen LogP contribution in [0.1, 0.15) is 38.6 Å². The second-order valence-corrected chi connectivity index (χ2v) is 9.71. The van der Waals surface area contributed by atoms with E-state index in [-0.39, 0.29) is 30.3 Å². The zero-order valence-corrected chi connectivity index (χ0v) is 20.5. The van der Waals surface area contributed by atoms with Gasteiger partial charge in [-0.15, -0.1) is 0 Å². The molecule has 0 bridgehead atoms. The number of hydrogen-bond donors (Lipinski definition) is 0. The normalized spacial score (nSPS) is 18.0. The predicted molar refractivity (Wildman–Crippen MR) is 141 cm³/mol. The monoisotopic (exact) mass is 502 g/mol. The van der Waals surface area contributed by atoms with Crippen molar-refractivity contribution in [1.29, 1.82) is 0 Å². The third kappa shape index (κ3) is 2.93. The zero-order chi connectivity index (χ0) is 26.0. The van der Waals surface area contributed by atoms with Gasteiger partial charge in [0.15, 0.2) is 11.0 Å². The molecule has 38 heavy (non-hydrogen) atoms. The fourth-order valence-corrected chi connectivity index (χ4v) is 5.87. The fraction of sp³-hybridized carbons (Fsp3) is 0.129. The van der Waals surface area contributed by atoms with Crippen molar-refractivity contribution < 1.29 is 18.4 Å². The molecule has 1 unspecified atom stereocenters. The molecule has 2 aliphatic heterocycles. The number of anilines is 1. The molecule has 4 heterocycles. The van der Waals surface area contributed by atoms with Gasteiger partial charge in [-0.2, -0.15) is 0 Å². The molecule has 0 aliphatic carbocycles. The van der Waals surface area contributed by atoms with Gasteiger partial charge in [0, 0.05) is 5.56 Å². The van der Waals surface area contributed by atoms with Crippen LogP contribution in [0.5, 0.6) is 0 Å². The van der Waals surface area contributed by atoms with Gasteiger partial charge in [-0.1, -0.05) is 60.2 Å². The van der Waals surface area contributed by atoms with Gasteiger partial charge in [0.25, 0.3) is 11.8 Å². The van der Waals surface area contributed by atoms with Crippen LogP contribution in [-0.4, -0.2) is 16.7 Å². The Labute approximate surface area is 217 Å². The van der Waals surface area contributed by atoms with Crippen LogP contribution < -0.4 is 10.3 Å². The number of nitrogens with zero attached hydrogens (tertiary/aromatic N) is 2. The summed E-state index contributed by atoms with van der Waals surface area (Å²) in [5, 5.41) is 0.320. The number of furan rings is 1. The van der Waals surface area contributed by atoms with E-state index in [4.69, 9.17) is 8.83 Å². The Hall–Kier alpha value is -4.91. The Bertz CT molecular complexity index is 1820. The molecule has 0 fully saturated rings. The molecule has 0 N–H and O–H groups in total. The van der Waals surface area contributed by atoms with Crippen molar-refractivity contribution in [1.82, 2.24) is 4.90 Å². The number of fused-ring (bicyclic) bond motifs is 5. The molecule has 0 saturated carbocycles. The molecule has 5 aromatic rings. The van der Waals surface area contributed by atoms with Gasteiger partial charge < -0.3 is 18.6 Å². The lowest BCUT2D eigenvalue weighted by molar-refractivity contribution is -0.126. The van der Waals surface area contributed by atoms with E-state index in [9.17, 15) is 14.4 Å². The maximum absolute atomic E-state index is 14.7. The summed E-state index contributed by atoms with van der Waals surface area (Å²) >= 11 is 0. The number of rotatable bonds is 4. The summed E-state index contributed by atoms with van der Waals surface area (Å²) in [7, 11) is 0. The first kappa shape index (κ1) is 22.3. The quantitative estimate of drug-likeness (QED) is 0.340. The minimum absolute atomic E-state index is 0.00974. The Morgan fingerprint density at radius 1 is 0.842 bits per heavy atom. The van der Waals surface area contributed by atoms with Gasteiger partial charge in [0.2, 0.25) is 5.76 Å². The Morgan fingerprint density at radius 3 is 2.47 bits per heavy atom. The summed E-state index contributed by atoms with van der Waals surface area (Å²) in [5.41, 5.74) is 1.51. The fourth-order valence-electron chi connectivity index (χ4n) is 5.87. The molecule has 7 rings (SSSR count). The van der Waals surface area contributed by atoms with Crippen molar-refractivity contribution in [2.45, 2.75) is 25.6 Å². The first-order chi connectivity index (χ1) is 18.5. The third-order valence-electron chi connectivity index (χ3n) is 7.46. The number of carbonyl (C=O) groups excluding carboxylic acids is 2. The zero-order valence-electron chi connectivity index (χ0n) is 20.5. The molecule has 186 valence electrons. The van der Waals surface area contributed by atoms with Crippen molar-refractivity contribution in [3.05, 3.63) is 135 Å². The Morgan fingerprint density at radius 2 is 1.66 bits per heavy atom. The molecule has 7 heteroatoms. The maximum Gasteiger partial charge on any atom is 0.291 e. The highest BCUT2D eigenvalue weighted by Gasteiger charge is 2.65. The van der Waals surface area contributed by atoms with E-state index in [0.717, 1.165) is 11.1 Å². The van der Waals surface area contributed by atoms with Crippen LogP contribution in [0.4, 0.5) is 5.69 Å². The lowest BCUT2D eigenvalue weighted by Crippen LogP contribution is -2.52. The molecule has 1 atom stereocenters. The van der Waals surface area contributed by atoms with E-state index >= 15 is 0 Å². The first-order valence-corrected chi connectivity index (χ1v) is 12.4. The average molecular weight is 503 g/mol. The summed E-state index contributed by atoms with van der Waals surface area (Å²) in [5.74, 6) is -0.521. The molecule has 0 saturated heterocycles. The molecule has 2 aromatic heterocycles. The first-order valence-electron chi connectivity index (χ1n) is 12.4. The number of hydrogen-bond acceptors (Lipinski definition) is 5. The lowest BCUT2D eigenvalue weighted by Gasteiger charge is -2.33. The third-order valence-corrected chi connectivity index (χ3v) is 7.46. The van der Waals surface area contributed by atoms with E-state index in [1.807, 2.05) is 55.5 Å². The van der Waals surface area contributed by atoms with E-state index < -0.39 is 16.9 Å². The maximum atomic E-state index is 14.7. The van der Waals surface area contributed by atoms with E-state index in [0.29, 0.717) is 28.0 Å². The largest absolute Gasteiger partial charge is 0.467 e. The van der Waals surface area contributed by atoms with Crippen LogP contribution in [0.2, 0.25) is 0 Å². The second-order valence-electron chi connectivity index (χ2n) is 9.71. The van der Waals surface area contributed by atoms with Crippen molar-refractivity contribution in [2.75, 3.05) is 4.90 Å². The molecular weight excluding hydrogens is 480 g/mol. The van der Waals surface area contributed by atoms with Gasteiger partial charge in [-0.3, -0.25) is 14.4 Å². The van der Waals surface area contributed by atoms with Crippen LogP contribution >= 0.6 is 0 Å². The van der Waals surface area contributed by atoms with Crippen molar-refractivity contribution in [3.8, 4) is 0 Å². The van der Waals surface area contributed by atoms with Gasteiger partial charge in [-0.25, -0.2) is 0 Å². The van der Waals surface area contributed by atoms with Crippen molar-refractivity contribution in [3.63, 3.8) is 0 Å². The minimum atomic E-state index is -1.69. The van der Waals surface area contributed by atoms with Gasteiger partial charge in [0.1, 0.15) is 11.3 Å². The van der Waals surface area contributed by atoms with Crippen LogP contribution in [0.3, 0.4) is 0 Å². The average Bonchev–Trinajstić information content (AvgIpc) is 3.59. The van der Waals surface area contributed by atoms with Crippen LogP contribution in [0.25, 0.3) is 11.0 Å². The van der Waals surface area contributed by atoms with Gasteiger partial charge in [0.05, 0.1) is 36.0 Å². The molecule has 0 radical (unpaired) electrons. The number of amides is 2. The van der Waals surface area contributed by atoms with E-state index in [1.165, 1.54) is 11.2 Å². The van der Waals surface area contributed by atoms with Crippen LogP contribution in [-0.2, 0) is 23.4 Å². The second kappa shape index (κ2) is 8.05. The molecule has 7 nitrogen and oxygen atoms in total. The molecule has 3 aromatic carbocycles. The number of para-hydroxylation sites is 2. The summed E-state index contributed by atoms with van der Waals surface area (Å²) in [6.07, 6.45) is 1.52. The van der Waals surface area contributed by atoms with Crippen LogP contribution in [0, 0.1) is 6.92 Å². The molecule has 1 spiro atoms. The summed E-state index contributed by atoms with van der Waals surface area (Å²) in [6.45, 7) is 2.28. The Balaban J connectivity index is 1.52. The highest BCUT2D eigenvalue weighted by molar-refractivity contribution is 6.17. The smallest absolute Gasteiger partial charge is 0.291 e. The SMILES string of the molecule is Cc1cccc(CN2C(=O)C3(c4ccccc42)c2c(oc4ccccc4c2=O)C(=O)N3Cc2ccco2)c1. The summed E-state index contributed by atoms with van der Waals surface area (Å²) in [6, 6.07) is 25.5. The number of carbonyl (C=O) groups is 2. The Kier molecular flexibility index (Phi) is 4.72. The highest BCUT2D eigenvalue weighted by atomic mass is 16.4. The van der Waals surface area contributed by atoms with E-state index in [2.05, 4.69) is 0 Å². The topological polar surface area (TPSA) is 84.0 Å². The number of benzene rings is 3. The molecular formula is C31H22N2O5. The van der Waals surface area contributed by atoms with Crippen molar-refractivity contribution in [2.24, 2.45) is 0 Å².